The predicted molar refractivity (Wildman–Crippen MR) is 94.8 cm³/mol. The lowest BCUT2D eigenvalue weighted by Gasteiger charge is -2.26. The van der Waals surface area contributed by atoms with Gasteiger partial charge in [-0.1, -0.05) is 11.6 Å². The first-order valence-corrected chi connectivity index (χ1v) is 9.67. The highest BCUT2D eigenvalue weighted by Crippen LogP contribution is 2.37. The average Bonchev–Trinajstić information content (AvgIpc) is 2.56. The van der Waals surface area contributed by atoms with E-state index < -0.39 is 11.6 Å². The Morgan fingerprint density at radius 2 is 2.08 bits per heavy atom. The van der Waals surface area contributed by atoms with Crippen molar-refractivity contribution < 1.29 is 13.6 Å². The Balaban J connectivity index is 1.61. The van der Waals surface area contributed by atoms with Crippen LogP contribution >= 0.6 is 35.1 Å². The molecule has 0 fully saturated rings. The Kier molecular flexibility index (Phi) is 5.69. The van der Waals surface area contributed by atoms with Crippen molar-refractivity contribution >= 4 is 41.0 Å². The fraction of sp³-hybridized carbons (Fsp3) is 0.235. The van der Waals surface area contributed by atoms with Crippen LogP contribution in [0.25, 0.3) is 0 Å². The number of fused-ring (bicyclic) bond motifs is 1. The average molecular weight is 386 g/mol. The zero-order chi connectivity index (χ0) is 17.1. The van der Waals surface area contributed by atoms with E-state index in [1.165, 1.54) is 17.8 Å². The van der Waals surface area contributed by atoms with Gasteiger partial charge in [0, 0.05) is 20.6 Å². The molecule has 2 aromatic carbocycles. The fourth-order valence-corrected chi connectivity index (χ4v) is 4.49. The molecular weight excluding hydrogens is 372 g/mol. The molecule has 2 nitrogen and oxygen atoms in total. The van der Waals surface area contributed by atoms with Crippen molar-refractivity contribution in [3.8, 4) is 0 Å². The summed E-state index contributed by atoms with van der Waals surface area (Å²) in [5.74, 6) is -0.876. The number of carbonyl (C=O) groups is 1. The van der Waals surface area contributed by atoms with Crippen LogP contribution in [0.2, 0.25) is 5.02 Å². The minimum absolute atomic E-state index is 0.0713. The van der Waals surface area contributed by atoms with Gasteiger partial charge >= 0.3 is 0 Å². The van der Waals surface area contributed by atoms with Crippen molar-refractivity contribution in [2.75, 3.05) is 11.5 Å². The van der Waals surface area contributed by atoms with E-state index in [4.69, 9.17) is 11.6 Å². The minimum Gasteiger partial charge on any atom is -0.349 e. The maximum Gasteiger partial charge on any atom is 0.230 e. The summed E-state index contributed by atoms with van der Waals surface area (Å²) in [5, 5.41) is 3.64. The summed E-state index contributed by atoms with van der Waals surface area (Å²) < 4.78 is 26.1. The molecule has 7 heteroatoms. The van der Waals surface area contributed by atoms with Gasteiger partial charge in [-0.3, -0.25) is 4.79 Å². The Bertz CT molecular complexity index is 772. The number of carbonyl (C=O) groups excluding carboxylic acids is 1. The molecule has 1 heterocycles. The van der Waals surface area contributed by atoms with E-state index in [0.717, 1.165) is 34.8 Å². The second-order valence-corrected chi connectivity index (χ2v) is 7.93. The summed E-state index contributed by atoms with van der Waals surface area (Å²) in [4.78, 5) is 13.8. The van der Waals surface area contributed by atoms with Crippen molar-refractivity contribution in [1.82, 2.24) is 5.32 Å². The van der Waals surface area contributed by atoms with Crippen molar-refractivity contribution in [3.05, 3.63) is 58.6 Å². The topological polar surface area (TPSA) is 29.1 Å². The maximum atomic E-state index is 13.2. The molecule has 0 saturated carbocycles. The predicted octanol–water partition coefficient (Wildman–Crippen LogP) is 5.06. The molecule has 0 aliphatic carbocycles. The summed E-state index contributed by atoms with van der Waals surface area (Å²) in [6.45, 7) is 0. The van der Waals surface area contributed by atoms with Gasteiger partial charge in [-0.25, -0.2) is 8.78 Å². The lowest BCUT2D eigenvalue weighted by Crippen LogP contribution is -2.31. The van der Waals surface area contributed by atoms with Gasteiger partial charge in [0.2, 0.25) is 5.91 Å². The third kappa shape index (κ3) is 4.23. The molecule has 0 bridgehead atoms. The zero-order valence-electron chi connectivity index (χ0n) is 12.5. The van der Waals surface area contributed by atoms with Gasteiger partial charge in [-0.15, -0.1) is 23.5 Å². The molecule has 1 aliphatic heterocycles. The Labute approximate surface area is 152 Å². The van der Waals surface area contributed by atoms with Crippen molar-refractivity contribution in [2.45, 2.75) is 22.3 Å². The summed E-state index contributed by atoms with van der Waals surface area (Å²) in [6.07, 6.45) is 0.833. The quantitative estimate of drug-likeness (QED) is 0.745. The molecule has 1 unspecified atom stereocenters. The van der Waals surface area contributed by atoms with Gasteiger partial charge in [0.05, 0.1) is 11.8 Å². The largest absolute Gasteiger partial charge is 0.349 e. The standard InChI is InChI=1S/C17H14ClF2NOS2/c18-10-1-4-16-12(7-10)15(5-6-23-16)21-17(22)9-24-11-2-3-13(19)14(20)8-11/h1-4,7-8,15H,5-6,9H2,(H,21,22). The van der Waals surface area contributed by atoms with Crippen LogP contribution in [0.1, 0.15) is 18.0 Å². The van der Waals surface area contributed by atoms with Crippen LogP contribution in [0.4, 0.5) is 8.78 Å². The third-order valence-electron chi connectivity index (χ3n) is 3.61. The maximum absolute atomic E-state index is 13.2. The lowest BCUT2D eigenvalue weighted by molar-refractivity contribution is -0.119. The summed E-state index contributed by atoms with van der Waals surface area (Å²) >= 11 is 8.98. The SMILES string of the molecule is O=C(CSc1ccc(F)c(F)c1)NC1CCSc2ccc(Cl)cc21. The highest BCUT2D eigenvalue weighted by Gasteiger charge is 2.22. The van der Waals surface area contributed by atoms with Gasteiger partial charge < -0.3 is 5.32 Å². The molecule has 1 amide bonds. The van der Waals surface area contributed by atoms with Crippen molar-refractivity contribution in [2.24, 2.45) is 0 Å². The molecule has 126 valence electrons. The monoisotopic (exact) mass is 385 g/mol. The zero-order valence-corrected chi connectivity index (χ0v) is 14.9. The number of amides is 1. The second-order valence-electron chi connectivity index (χ2n) is 5.30. The normalized spacial score (nSPS) is 16.5. The molecule has 0 spiro atoms. The number of thioether (sulfide) groups is 2. The van der Waals surface area contributed by atoms with E-state index in [0.29, 0.717) is 9.92 Å². The number of rotatable bonds is 4. The van der Waals surface area contributed by atoms with Gasteiger partial charge in [0.25, 0.3) is 0 Å². The summed E-state index contributed by atoms with van der Waals surface area (Å²) in [5.41, 5.74) is 1.03. The van der Waals surface area contributed by atoms with Crippen LogP contribution in [-0.4, -0.2) is 17.4 Å². The summed E-state index contributed by atoms with van der Waals surface area (Å²) in [6, 6.07) is 9.25. The molecular formula is C17H14ClF2NOS2. The minimum atomic E-state index is -0.909. The Morgan fingerprint density at radius 1 is 1.25 bits per heavy atom. The van der Waals surface area contributed by atoms with Crippen LogP contribution in [-0.2, 0) is 4.79 Å². The highest BCUT2D eigenvalue weighted by molar-refractivity contribution is 8.00. The molecule has 1 aliphatic rings. The van der Waals surface area contributed by atoms with Crippen LogP contribution < -0.4 is 5.32 Å². The fourth-order valence-electron chi connectivity index (χ4n) is 2.47. The van der Waals surface area contributed by atoms with E-state index in [-0.39, 0.29) is 17.7 Å². The molecule has 0 radical (unpaired) electrons. The highest BCUT2D eigenvalue weighted by atomic mass is 35.5. The van der Waals surface area contributed by atoms with E-state index in [1.807, 2.05) is 18.2 Å². The molecule has 24 heavy (non-hydrogen) atoms. The van der Waals surface area contributed by atoms with Crippen LogP contribution in [0.3, 0.4) is 0 Å². The second kappa shape index (κ2) is 7.76. The molecule has 3 rings (SSSR count). The first-order chi connectivity index (χ1) is 11.5. The van der Waals surface area contributed by atoms with E-state index >= 15 is 0 Å². The van der Waals surface area contributed by atoms with E-state index in [9.17, 15) is 13.6 Å². The molecule has 0 aromatic heterocycles. The Morgan fingerprint density at radius 3 is 2.88 bits per heavy atom. The first kappa shape index (κ1) is 17.6. The number of halogens is 3. The number of nitrogens with one attached hydrogen (secondary N) is 1. The number of hydrogen-bond acceptors (Lipinski definition) is 3. The molecule has 1 N–H and O–H groups in total. The van der Waals surface area contributed by atoms with Crippen molar-refractivity contribution in [3.63, 3.8) is 0 Å². The number of hydrogen-bond donors (Lipinski definition) is 1. The molecule has 0 saturated heterocycles. The van der Waals surface area contributed by atoms with Crippen LogP contribution in [0.5, 0.6) is 0 Å². The Hall–Kier alpha value is -1.24. The number of benzene rings is 2. The lowest BCUT2D eigenvalue weighted by atomic mass is 10.0. The van der Waals surface area contributed by atoms with Crippen molar-refractivity contribution in [1.29, 1.82) is 0 Å². The van der Waals surface area contributed by atoms with Gasteiger partial charge in [0.1, 0.15) is 0 Å². The third-order valence-corrected chi connectivity index (χ3v) is 5.96. The van der Waals surface area contributed by atoms with Gasteiger partial charge in [-0.05, 0) is 48.4 Å². The van der Waals surface area contributed by atoms with Gasteiger partial charge in [0.15, 0.2) is 11.6 Å². The molecule has 1 atom stereocenters. The smallest absolute Gasteiger partial charge is 0.230 e. The van der Waals surface area contributed by atoms with E-state index in [2.05, 4.69) is 5.32 Å². The first-order valence-electron chi connectivity index (χ1n) is 7.32. The summed E-state index contributed by atoms with van der Waals surface area (Å²) in [7, 11) is 0. The molecule has 2 aromatic rings. The van der Waals surface area contributed by atoms with Crippen LogP contribution in [0, 0.1) is 11.6 Å². The van der Waals surface area contributed by atoms with Gasteiger partial charge in [-0.2, -0.15) is 0 Å². The van der Waals surface area contributed by atoms with E-state index in [1.54, 1.807) is 11.8 Å². The van der Waals surface area contributed by atoms with Crippen LogP contribution in [0.15, 0.2) is 46.2 Å².